The fourth-order valence-corrected chi connectivity index (χ4v) is 4.13. The van der Waals surface area contributed by atoms with Crippen molar-refractivity contribution in [2.24, 2.45) is 0 Å². The third kappa shape index (κ3) is 5.44. The first kappa shape index (κ1) is 24.0. The van der Waals surface area contributed by atoms with Crippen LogP contribution in [0.3, 0.4) is 0 Å². The molecule has 3 aromatic heterocycles. The lowest BCUT2D eigenvalue weighted by Gasteiger charge is -2.08. The van der Waals surface area contributed by atoms with Gasteiger partial charge in [-0.1, -0.05) is 42.0 Å². The molecule has 0 radical (unpaired) electrons. The largest absolute Gasteiger partial charge is 0.362 e. The van der Waals surface area contributed by atoms with Gasteiger partial charge in [0.1, 0.15) is 10.7 Å². The van der Waals surface area contributed by atoms with E-state index in [9.17, 15) is 14.4 Å². The molecule has 184 valence electrons. The summed E-state index contributed by atoms with van der Waals surface area (Å²) in [5, 5.41) is 6.01. The lowest BCUT2D eigenvalue weighted by molar-refractivity contribution is -0.110. The van der Waals surface area contributed by atoms with Crippen molar-refractivity contribution >= 4 is 46.8 Å². The molecule has 3 N–H and O–H groups in total. The minimum Gasteiger partial charge on any atom is -0.362 e. The van der Waals surface area contributed by atoms with Crippen LogP contribution in [0.5, 0.6) is 0 Å². The molecule has 0 unspecified atom stereocenters. The maximum absolute atomic E-state index is 12.8. The average Bonchev–Trinajstić information content (AvgIpc) is 3.52. The first-order chi connectivity index (χ1) is 18.0. The van der Waals surface area contributed by atoms with E-state index in [-0.39, 0.29) is 24.6 Å². The number of hydrogen-bond acceptors (Lipinski definition) is 4. The second-order valence-corrected chi connectivity index (χ2v) is 8.79. The fourth-order valence-electron chi connectivity index (χ4n) is 4.02. The van der Waals surface area contributed by atoms with Crippen LogP contribution < -0.4 is 16.2 Å². The van der Waals surface area contributed by atoms with E-state index in [4.69, 9.17) is 11.6 Å². The van der Waals surface area contributed by atoms with Gasteiger partial charge in [-0.15, -0.1) is 0 Å². The molecule has 1 aromatic carbocycles. The number of pyridine rings is 2. The number of halogens is 1. The van der Waals surface area contributed by atoms with Crippen LogP contribution in [0.25, 0.3) is 17.7 Å². The Morgan fingerprint density at radius 3 is 2.78 bits per heavy atom. The Morgan fingerprint density at radius 2 is 2.00 bits per heavy atom. The molecule has 8 nitrogen and oxygen atoms in total. The van der Waals surface area contributed by atoms with E-state index in [1.165, 1.54) is 10.6 Å². The Morgan fingerprint density at radius 1 is 1.11 bits per heavy atom. The van der Waals surface area contributed by atoms with E-state index in [0.717, 1.165) is 28.1 Å². The molecule has 1 aliphatic heterocycles. The minimum atomic E-state index is -0.460. The van der Waals surface area contributed by atoms with Gasteiger partial charge in [0.2, 0.25) is 0 Å². The summed E-state index contributed by atoms with van der Waals surface area (Å²) in [4.78, 5) is 44.9. The lowest BCUT2D eigenvalue weighted by Crippen LogP contribution is -2.33. The summed E-state index contributed by atoms with van der Waals surface area (Å²) in [7, 11) is 0. The maximum Gasteiger partial charge on any atom is 0.263 e. The Hall–Kier alpha value is -4.69. The molecule has 2 amide bonds. The summed E-state index contributed by atoms with van der Waals surface area (Å²) >= 11 is 5.81. The minimum absolute atomic E-state index is 0.0550. The van der Waals surface area contributed by atoms with Gasteiger partial charge in [-0.05, 0) is 53.6 Å². The summed E-state index contributed by atoms with van der Waals surface area (Å²) in [5.74, 6) is -0.614. The fraction of sp³-hybridized carbons (Fsp3) is 0.0714. The zero-order chi connectivity index (χ0) is 25.8. The molecule has 9 heteroatoms. The summed E-state index contributed by atoms with van der Waals surface area (Å²) < 4.78 is 1.45. The lowest BCUT2D eigenvalue weighted by atomic mass is 10.0. The summed E-state index contributed by atoms with van der Waals surface area (Å²) in [6.45, 7) is 0.510. The third-order valence-corrected chi connectivity index (χ3v) is 6.07. The topological polar surface area (TPSA) is 109 Å². The standard InChI is InChI=1S/C28H22ClN5O3/c29-25-10-8-19(16-32-25)17-34-13-3-6-22(28(34)37)26(35)31-12-1-4-18-7-9-21-23(15-20-5-2-11-30-20)27(36)33-24(21)14-18/h1-11,13-16,30H,12,17H2,(H,31,35)(H,33,36). The molecule has 0 bridgehead atoms. The number of aromatic amines is 1. The predicted octanol–water partition coefficient (Wildman–Crippen LogP) is 4.21. The van der Waals surface area contributed by atoms with Crippen molar-refractivity contribution in [1.29, 1.82) is 0 Å². The molecule has 0 fully saturated rings. The van der Waals surface area contributed by atoms with Crippen LogP contribution in [-0.2, 0) is 11.3 Å². The van der Waals surface area contributed by atoms with Gasteiger partial charge in [-0.25, -0.2) is 4.98 Å². The van der Waals surface area contributed by atoms with E-state index >= 15 is 0 Å². The molecule has 0 atom stereocenters. The summed E-state index contributed by atoms with van der Waals surface area (Å²) in [6.07, 6.45) is 10.5. The first-order valence-electron chi connectivity index (χ1n) is 11.5. The number of nitrogens with one attached hydrogen (secondary N) is 3. The number of rotatable bonds is 7. The number of amides is 2. The van der Waals surface area contributed by atoms with Gasteiger partial charge in [0.15, 0.2) is 0 Å². The van der Waals surface area contributed by atoms with Crippen molar-refractivity contribution in [1.82, 2.24) is 19.9 Å². The van der Waals surface area contributed by atoms with Crippen LogP contribution in [0, 0.1) is 0 Å². The van der Waals surface area contributed by atoms with Gasteiger partial charge in [-0.2, -0.15) is 0 Å². The monoisotopic (exact) mass is 511 g/mol. The quantitative estimate of drug-likeness (QED) is 0.255. The van der Waals surface area contributed by atoms with Crippen molar-refractivity contribution in [3.05, 3.63) is 123 Å². The van der Waals surface area contributed by atoms with Crippen LogP contribution >= 0.6 is 11.6 Å². The number of anilines is 1. The van der Waals surface area contributed by atoms with Gasteiger partial charge >= 0.3 is 0 Å². The Kier molecular flexibility index (Phi) is 6.83. The van der Waals surface area contributed by atoms with Gasteiger partial charge in [-0.3, -0.25) is 14.4 Å². The first-order valence-corrected chi connectivity index (χ1v) is 11.9. The molecule has 37 heavy (non-hydrogen) atoms. The molecule has 4 aromatic rings. The van der Waals surface area contributed by atoms with Crippen LogP contribution in [0.2, 0.25) is 5.15 Å². The number of carbonyl (C=O) groups is 2. The van der Waals surface area contributed by atoms with E-state index in [0.29, 0.717) is 10.7 Å². The SMILES string of the molecule is O=C1Nc2cc(C=CCNC(=O)c3cccn(Cc4ccc(Cl)nc4)c3=O)ccc2C1=Cc1ccc[nH]1. The second-order valence-electron chi connectivity index (χ2n) is 8.40. The van der Waals surface area contributed by atoms with Gasteiger partial charge in [0, 0.05) is 42.1 Å². The number of benzene rings is 1. The van der Waals surface area contributed by atoms with Crippen molar-refractivity contribution in [3.8, 4) is 0 Å². The number of hydrogen-bond donors (Lipinski definition) is 3. The second kappa shape index (κ2) is 10.5. The average molecular weight is 512 g/mol. The summed E-state index contributed by atoms with van der Waals surface area (Å²) in [6, 6.07) is 16.0. The van der Waals surface area contributed by atoms with Gasteiger partial charge in [0.25, 0.3) is 17.4 Å². The molecular formula is C28H22ClN5O3. The highest BCUT2D eigenvalue weighted by Gasteiger charge is 2.24. The predicted molar refractivity (Wildman–Crippen MR) is 144 cm³/mol. The maximum atomic E-state index is 12.8. The number of fused-ring (bicyclic) bond motifs is 1. The van der Waals surface area contributed by atoms with Crippen molar-refractivity contribution in [3.63, 3.8) is 0 Å². The zero-order valence-corrected chi connectivity index (χ0v) is 20.3. The van der Waals surface area contributed by atoms with Crippen LogP contribution in [0.4, 0.5) is 5.69 Å². The Bertz CT molecular complexity index is 1590. The highest BCUT2D eigenvalue weighted by Crippen LogP contribution is 2.33. The van der Waals surface area contributed by atoms with Crippen molar-refractivity contribution in [2.45, 2.75) is 6.54 Å². The van der Waals surface area contributed by atoms with Crippen LogP contribution in [0.1, 0.15) is 32.7 Å². The van der Waals surface area contributed by atoms with Crippen molar-refractivity contribution < 1.29 is 9.59 Å². The third-order valence-electron chi connectivity index (χ3n) is 5.85. The van der Waals surface area contributed by atoms with Gasteiger partial charge < -0.3 is 20.2 Å². The van der Waals surface area contributed by atoms with Crippen LogP contribution in [0.15, 0.2) is 84.1 Å². The number of aromatic nitrogens is 3. The zero-order valence-electron chi connectivity index (χ0n) is 19.6. The molecule has 0 spiro atoms. The van der Waals surface area contributed by atoms with E-state index in [2.05, 4.69) is 20.6 Å². The van der Waals surface area contributed by atoms with Crippen molar-refractivity contribution in [2.75, 3.05) is 11.9 Å². The highest BCUT2D eigenvalue weighted by molar-refractivity contribution is 6.34. The number of carbonyl (C=O) groups excluding carboxylic acids is 2. The van der Waals surface area contributed by atoms with Gasteiger partial charge in [0.05, 0.1) is 12.1 Å². The highest BCUT2D eigenvalue weighted by atomic mass is 35.5. The number of H-pyrrole nitrogens is 1. The molecular weight excluding hydrogens is 490 g/mol. The van der Waals surface area contributed by atoms with E-state index in [1.807, 2.05) is 42.5 Å². The molecule has 5 rings (SSSR count). The van der Waals surface area contributed by atoms with E-state index in [1.54, 1.807) is 42.9 Å². The van der Waals surface area contributed by atoms with Crippen LogP contribution in [-0.4, -0.2) is 32.9 Å². The molecule has 0 saturated heterocycles. The Balaban J connectivity index is 1.22. The molecule has 1 aliphatic rings. The molecule has 4 heterocycles. The summed E-state index contributed by atoms with van der Waals surface area (Å²) in [5.41, 5.74) is 4.34. The van der Waals surface area contributed by atoms with E-state index < -0.39 is 11.5 Å². The molecule has 0 aliphatic carbocycles. The molecule has 0 saturated carbocycles. The normalized spacial score (nSPS) is 13.6. The Labute approximate surface area is 217 Å². The number of nitrogens with zero attached hydrogens (tertiary/aromatic N) is 2. The smallest absolute Gasteiger partial charge is 0.263 e.